The molecule has 1 aromatic heterocycles. The fourth-order valence-electron chi connectivity index (χ4n) is 4.97. The van der Waals surface area contributed by atoms with Gasteiger partial charge in [0, 0.05) is 53.0 Å². The molecular formula is C27H29N3O4S. The maximum absolute atomic E-state index is 13.0. The van der Waals surface area contributed by atoms with Crippen LogP contribution in [-0.4, -0.2) is 43.4 Å². The second kappa shape index (κ2) is 9.36. The minimum absolute atomic E-state index is 0.0647. The number of carbonyl (C=O) groups excluding carboxylic acids is 1. The number of ether oxygens (including phenoxy) is 1. The lowest BCUT2D eigenvalue weighted by atomic mass is 9.97. The number of aryl methyl sites for hydroxylation is 1. The Morgan fingerprint density at radius 3 is 2.34 bits per heavy atom. The van der Waals surface area contributed by atoms with E-state index in [1.54, 1.807) is 31.4 Å². The Morgan fingerprint density at radius 2 is 1.66 bits per heavy atom. The Hall–Kier alpha value is -3.36. The molecule has 0 aliphatic carbocycles. The van der Waals surface area contributed by atoms with Gasteiger partial charge in [-0.15, -0.1) is 0 Å². The predicted molar refractivity (Wildman–Crippen MR) is 138 cm³/mol. The van der Waals surface area contributed by atoms with Crippen LogP contribution >= 0.6 is 0 Å². The van der Waals surface area contributed by atoms with Crippen molar-refractivity contribution in [3.8, 4) is 5.75 Å². The predicted octanol–water partition coefficient (Wildman–Crippen LogP) is 4.86. The van der Waals surface area contributed by atoms with Gasteiger partial charge in [0.15, 0.2) is 0 Å². The van der Waals surface area contributed by atoms with Crippen LogP contribution in [0, 0.1) is 5.92 Å². The number of benzene rings is 3. The number of para-hydroxylation sites is 1. The van der Waals surface area contributed by atoms with Gasteiger partial charge >= 0.3 is 0 Å². The molecule has 0 radical (unpaired) electrons. The molecule has 0 atom stereocenters. The molecule has 182 valence electrons. The normalized spacial score (nSPS) is 15.5. The third-order valence-corrected chi connectivity index (χ3v) is 8.79. The highest BCUT2D eigenvalue weighted by atomic mass is 32.2. The molecule has 0 spiro atoms. The van der Waals surface area contributed by atoms with Crippen molar-refractivity contribution in [3.63, 3.8) is 0 Å². The number of fused-ring (bicyclic) bond motifs is 3. The summed E-state index contributed by atoms with van der Waals surface area (Å²) in [4.78, 5) is 13.3. The van der Waals surface area contributed by atoms with Crippen LogP contribution in [-0.2, 0) is 21.4 Å². The molecule has 1 fully saturated rings. The number of piperidine rings is 1. The van der Waals surface area contributed by atoms with Crippen LogP contribution in [0.15, 0.2) is 71.6 Å². The van der Waals surface area contributed by atoms with Gasteiger partial charge in [-0.05, 0) is 68.3 Å². The largest absolute Gasteiger partial charge is 0.497 e. The second-order valence-corrected chi connectivity index (χ2v) is 10.8. The number of carbonyl (C=O) groups is 1. The summed E-state index contributed by atoms with van der Waals surface area (Å²) in [6, 6.07) is 20.7. The molecule has 1 saturated heterocycles. The molecule has 1 aliphatic rings. The fraction of sp³-hybridized carbons (Fsp3) is 0.296. The second-order valence-electron chi connectivity index (χ2n) is 8.84. The Kier molecular flexibility index (Phi) is 6.25. The van der Waals surface area contributed by atoms with Gasteiger partial charge in [0.2, 0.25) is 15.9 Å². The van der Waals surface area contributed by atoms with E-state index in [0.717, 1.165) is 28.5 Å². The van der Waals surface area contributed by atoms with Crippen molar-refractivity contribution < 1.29 is 17.9 Å². The van der Waals surface area contributed by atoms with Crippen molar-refractivity contribution in [1.29, 1.82) is 0 Å². The summed E-state index contributed by atoms with van der Waals surface area (Å²) >= 11 is 0. The van der Waals surface area contributed by atoms with Crippen LogP contribution < -0.4 is 10.1 Å². The van der Waals surface area contributed by atoms with E-state index in [1.165, 1.54) is 9.82 Å². The van der Waals surface area contributed by atoms with E-state index in [4.69, 9.17) is 4.74 Å². The van der Waals surface area contributed by atoms with Crippen LogP contribution in [0.2, 0.25) is 0 Å². The minimum Gasteiger partial charge on any atom is -0.497 e. The first-order valence-electron chi connectivity index (χ1n) is 11.9. The van der Waals surface area contributed by atoms with E-state index in [-0.39, 0.29) is 16.7 Å². The van der Waals surface area contributed by atoms with E-state index >= 15 is 0 Å². The molecule has 1 aliphatic heterocycles. The first-order chi connectivity index (χ1) is 16.9. The molecule has 35 heavy (non-hydrogen) atoms. The molecular weight excluding hydrogens is 462 g/mol. The summed E-state index contributed by atoms with van der Waals surface area (Å²) in [5.74, 6) is 0.312. The summed E-state index contributed by atoms with van der Waals surface area (Å²) in [7, 11) is -2.05. The third kappa shape index (κ3) is 4.28. The van der Waals surface area contributed by atoms with Crippen LogP contribution in [0.1, 0.15) is 19.8 Å². The van der Waals surface area contributed by atoms with Gasteiger partial charge in [0.05, 0.1) is 12.0 Å². The highest BCUT2D eigenvalue weighted by Gasteiger charge is 2.32. The Labute approximate surface area is 205 Å². The molecule has 0 saturated carbocycles. The first-order valence-corrected chi connectivity index (χ1v) is 13.3. The van der Waals surface area contributed by atoms with Gasteiger partial charge in [-0.2, -0.15) is 4.31 Å². The van der Waals surface area contributed by atoms with Gasteiger partial charge in [-0.1, -0.05) is 18.2 Å². The number of nitrogens with one attached hydrogen (secondary N) is 1. The smallest absolute Gasteiger partial charge is 0.243 e. The van der Waals surface area contributed by atoms with Crippen molar-refractivity contribution in [1.82, 2.24) is 8.87 Å². The van der Waals surface area contributed by atoms with Crippen molar-refractivity contribution in [2.75, 3.05) is 25.5 Å². The number of amides is 1. The lowest BCUT2D eigenvalue weighted by Gasteiger charge is -2.30. The zero-order valence-corrected chi connectivity index (χ0v) is 20.7. The first kappa shape index (κ1) is 23.4. The van der Waals surface area contributed by atoms with E-state index < -0.39 is 10.0 Å². The molecule has 3 aromatic carbocycles. The van der Waals surface area contributed by atoms with Crippen molar-refractivity contribution in [2.24, 2.45) is 5.92 Å². The number of methoxy groups -OCH3 is 1. The minimum atomic E-state index is -3.60. The number of nitrogens with zero attached hydrogens (tertiary/aromatic N) is 2. The number of aromatic nitrogens is 1. The summed E-state index contributed by atoms with van der Waals surface area (Å²) in [6.07, 6.45) is 0.969. The highest BCUT2D eigenvalue weighted by molar-refractivity contribution is 7.89. The maximum Gasteiger partial charge on any atom is 0.243 e. The standard InChI is InChI=1S/C27H29N3O4S/c1-3-30-25-7-5-4-6-23(25)24-18-20(8-13-26(24)30)28-27(31)19-14-16-29(17-15-19)35(32,33)22-11-9-21(34-2)10-12-22/h4-13,18-19H,3,14-17H2,1-2H3,(H,28,31). The summed E-state index contributed by atoms with van der Waals surface area (Å²) < 4.78 is 34.8. The summed E-state index contributed by atoms with van der Waals surface area (Å²) in [5.41, 5.74) is 3.08. The molecule has 0 bridgehead atoms. The fourth-order valence-corrected chi connectivity index (χ4v) is 6.44. The molecule has 8 heteroatoms. The van der Waals surface area contributed by atoms with Gasteiger partial charge in [-0.3, -0.25) is 4.79 Å². The summed E-state index contributed by atoms with van der Waals surface area (Å²) in [6.45, 7) is 3.63. The third-order valence-electron chi connectivity index (χ3n) is 6.88. The number of rotatable bonds is 6. The zero-order chi connectivity index (χ0) is 24.6. The molecule has 2 heterocycles. The number of hydrogen-bond donors (Lipinski definition) is 1. The quantitative estimate of drug-likeness (QED) is 0.418. The lowest BCUT2D eigenvalue weighted by molar-refractivity contribution is -0.120. The average Bonchev–Trinajstić information content (AvgIpc) is 3.21. The van der Waals surface area contributed by atoms with Crippen LogP contribution in [0.25, 0.3) is 21.8 Å². The van der Waals surface area contributed by atoms with E-state index in [0.29, 0.717) is 31.7 Å². The maximum atomic E-state index is 13.0. The van der Waals surface area contributed by atoms with Crippen molar-refractivity contribution in [2.45, 2.75) is 31.2 Å². The summed E-state index contributed by atoms with van der Waals surface area (Å²) in [5, 5.41) is 5.34. The van der Waals surface area contributed by atoms with Gasteiger partial charge in [-0.25, -0.2) is 8.42 Å². The highest BCUT2D eigenvalue weighted by Crippen LogP contribution is 2.32. The van der Waals surface area contributed by atoms with Crippen LogP contribution in [0.3, 0.4) is 0 Å². The molecule has 7 nitrogen and oxygen atoms in total. The molecule has 4 aromatic rings. The zero-order valence-electron chi connectivity index (χ0n) is 19.9. The lowest BCUT2D eigenvalue weighted by Crippen LogP contribution is -2.41. The Morgan fingerprint density at radius 1 is 0.971 bits per heavy atom. The number of sulfonamides is 1. The van der Waals surface area contributed by atoms with Crippen LogP contribution in [0.5, 0.6) is 5.75 Å². The molecule has 5 rings (SSSR count). The topological polar surface area (TPSA) is 80.6 Å². The Balaban J connectivity index is 1.28. The molecule has 1 amide bonds. The van der Waals surface area contributed by atoms with Crippen molar-refractivity contribution >= 4 is 43.4 Å². The average molecular weight is 492 g/mol. The van der Waals surface area contributed by atoms with Gasteiger partial charge in [0.1, 0.15) is 5.75 Å². The van der Waals surface area contributed by atoms with Gasteiger partial charge < -0.3 is 14.6 Å². The molecule has 0 unspecified atom stereocenters. The Bertz CT molecular complexity index is 1480. The van der Waals surface area contributed by atoms with E-state index in [9.17, 15) is 13.2 Å². The van der Waals surface area contributed by atoms with Crippen LogP contribution in [0.4, 0.5) is 5.69 Å². The SMILES string of the molecule is CCn1c2ccccc2c2cc(NC(=O)C3CCN(S(=O)(=O)c4ccc(OC)cc4)CC3)ccc21. The molecule has 1 N–H and O–H groups in total. The van der Waals surface area contributed by atoms with Gasteiger partial charge in [0.25, 0.3) is 0 Å². The van der Waals surface area contributed by atoms with Crippen molar-refractivity contribution in [3.05, 3.63) is 66.7 Å². The number of hydrogen-bond acceptors (Lipinski definition) is 4. The van der Waals surface area contributed by atoms with E-state index in [1.807, 2.05) is 24.3 Å². The monoisotopic (exact) mass is 491 g/mol. The van der Waals surface area contributed by atoms with E-state index in [2.05, 4.69) is 35.0 Å². The number of anilines is 1.